The molecule has 6 nitrogen and oxygen atoms in total. The fourth-order valence-electron chi connectivity index (χ4n) is 2.80. The third-order valence-corrected chi connectivity index (χ3v) is 4.96. The third kappa shape index (κ3) is 2.33. The number of nitrogens with zero attached hydrogens (tertiary/aromatic N) is 1. The zero-order chi connectivity index (χ0) is 16.8. The number of nitrogen functional groups attached to an aromatic ring is 1. The number of thiophene rings is 1. The normalized spacial score (nSPS) is 12.6. The molecule has 0 radical (unpaired) electrons. The smallest absolute Gasteiger partial charge is 0.267 e. The van der Waals surface area contributed by atoms with Crippen LogP contribution in [-0.4, -0.2) is 17.7 Å². The number of fused-ring (bicyclic) bond motifs is 2. The maximum Gasteiger partial charge on any atom is 0.267 e. The molecule has 3 N–H and O–H groups in total. The first-order valence-corrected chi connectivity index (χ1v) is 8.22. The van der Waals surface area contributed by atoms with Crippen LogP contribution in [0, 0.1) is 13.8 Å². The molecule has 2 aromatic heterocycles. The van der Waals surface area contributed by atoms with E-state index < -0.39 is 0 Å². The predicted molar refractivity (Wildman–Crippen MR) is 94.0 cm³/mol. The zero-order valence-electron chi connectivity index (χ0n) is 13.2. The van der Waals surface area contributed by atoms with E-state index in [2.05, 4.69) is 10.3 Å². The van der Waals surface area contributed by atoms with Crippen molar-refractivity contribution in [2.45, 2.75) is 13.8 Å². The van der Waals surface area contributed by atoms with Crippen LogP contribution in [0.3, 0.4) is 0 Å². The number of rotatable bonds is 2. The molecule has 1 aromatic carbocycles. The highest BCUT2D eigenvalue weighted by atomic mass is 32.1. The second-order valence-electron chi connectivity index (χ2n) is 5.63. The number of hydrogen-bond acceptors (Lipinski definition) is 6. The molecular formula is C17H15N3O3S. The van der Waals surface area contributed by atoms with E-state index in [-0.39, 0.29) is 12.7 Å². The lowest BCUT2D eigenvalue weighted by molar-refractivity contribution is 0.103. The minimum absolute atomic E-state index is 0.195. The number of carbonyl (C=O) groups is 1. The quantitative estimate of drug-likeness (QED) is 0.745. The van der Waals surface area contributed by atoms with E-state index >= 15 is 0 Å². The molecule has 3 aromatic rings. The number of aromatic nitrogens is 1. The van der Waals surface area contributed by atoms with Gasteiger partial charge in [0.1, 0.15) is 9.71 Å². The van der Waals surface area contributed by atoms with Crippen molar-refractivity contribution in [3.8, 4) is 11.5 Å². The number of anilines is 2. The van der Waals surface area contributed by atoms with E-state index in [1.165, 1.54) is 11.3 Å². The van der Waals surface area contributed by atoms with Crippen molar-refractivity contribution < 1.29 is 14.3 Å². The number of aryl methyl sites for hydroxylation is 2. The van der Waals surface area contributed by atoms with Crippen LogP contribution in [-0.2, 0) is 0 Å². The number of ether oxygens (including phenoxy) is 2. The van der Waals surface area contributed by atoms with Crippen LogP contribution in [0.15, 0.2) is 24.3 Å². The van der Waals surface area contributed by atoms with Gasteiger partial charge in [-0.2, -0.15) is 0 Å². The van der Waals surface area contributed by atoms with Crippen molar-refractivity contribution in [2.75, 3.05) is 17.8 Å². The summed E-state index contributed by atoms with van der Waals surface area (Å²) in [5.41, 5.74) is 9.23. The molecule has 1 aliphatic rings. The van der Waals surface area contributed by atoms with Crippen LogP contribution in [0.1, 0.15) is 20.9 Å². The number of benzene rings is 1. The molecule has 1 amide bonds. The Labute approximate surface area is 142 Å². The van der Waals surface area contributed by atoms with Gasteiger partial charge in [-0.1, -0.05) is 0 Å². The van der Waals surface area contributed by atoms with Crippen LogP contribution in [0.25, 0.3) is 10.2 Å². The SMILES string of the molecule is Cc1cc(C)c2c(N)c(C(=O)Nc3ccc4c(c3)OCO4)sc2n1. The second-order valence-corrected chi connectivity index (χ2v) is 6.63. The Bertz CT molecular complexity index is 981. The van der Waals surface area contributed by atoms with Gasteiger partial charge in [-0.25, -0.2) is 4.98 Å². The Morgan fingerprint density at radius 1 is 1.25 bits per heavy atom. The fourth-order valence-corrected chi connectivity index (χ4v) is 3.91. The van der Waals surface area contributed by atoms with Gasteiger partial charge in [0.2, 0.25) is 6.79 Å². The Morgan fingerprint density at radius 2 is 2.04 bits per heavy atom. The largest absolute Gasteiger partial charge is 0.454 e. The first-order valence-electron chi connectivity index (χ1n) is 7.40. The first kappa shape index (κ1) is 14.8. The Morgan fingerprint density at radius 3 is 2.88 bits per heavy atom. The van der Waals surface area contributed by atoms with Gasteiger partial charge >= 0.3 is 0 Å². The van der Waals surface area contributed by atoms with Crippen LogP contribution >= 0.6 is 11.3 Å². The average molecular weight is 341 g/mol. The first-order chi connectivity index (χ1) is 11.5. The summed E-state index contributed by atoms with van der Waals surface area (Å²) in [5.74, 6) is 1.03. The monoisotopic (exact) mass is 341 g/mol. The molecule has 0 bridgehead atoms. The summed E-state index contributed by atoms with van der Waals surface area (Å²) in [7, 11) is 0. The van der Waals surface area contributed by atoms with Gasteiger partial charge in [0.15, 0.2) is 11.5 Å². The van der Waals surface area contributed by atoms with E-state index in [0.29, 0.717) is 27.8 Å². The van der Waals surface area contributed by atoms with Gasteiger partial charge in [0.05, 0.1) is 5.69 Å². The molecule has 4 rings (SSSR count). The molecular weight excluding hydrogens is 326 g/mol. The molecule has 1 aliphatic heterocycles. The Kier molecular flexibility index (Phi) is 3.31. The predicted octanol–water partition coefficient (Wildman–Crippen LogP) is 3.48. The van der Waals surface area contributed by atoms with Gasteiger partial charge in [0.25, 0.3) is 5.91 Å². The summed E-state index contributed by atoms with van der Waals surface area (Å²) < 4.78 is 10.6. The van der Waals surface area contributed by atoms with Gasteiger partial charge < -0.3 is 20.5 Å². The molecule has 0 saturated heterocycles. The maximum atomic E-state index is 12.6. The molecule has 0 saturated carbocycles. The lowest BCUT2D eigenvalue weighted by Gasteiger charge is -2.05. The Hall–Kier alpha value is -2.80. The highest BCUT2D eigenvalue weighted by Gasteiger charge is 2.20. The van der Waals surface area contributed by atoms with Crippen molar-refractivity contribution in [3.63, 3.8) is 0 Å². The summed E-state index contributed by atoms with van der Waals surface area (Å²) in [6.45, 7) is 4.09. The van der Waals surface area contributed by atoms with Crippen molar-refractivity contribution in [1.82, 2.24) is 4.98 Å². The Balaban J connectivity index is 1.68. The molecule has 24 heavy (non-hydrogen) atoms. The van der Waals surface area contributed by atoms with Crippen LogP contribution < -0.4 is 20.5 Å². The fraction of sp³-hybridized carbons (Fsp3) is 0.176. The van der Waals surface area contributed by atoms with Crippen LogP contribution in [0.2, 0.25) is 0 Å². The van der Waals surface area contributed by atoms with Crippen LogP contribution in [0.5, 0.6) is 11.5 Å². The van der Waals surface area contributed by atoms with Gasteiger partial charge in [-0.05, 0) is 37.6 Å². The van der Waals surface area contributed by atoms with E-state index in [1.807, 2.05) is 19.9 Å². The van der Waals surface area contributed by atoms with Gasteiger partial charge in [-0.15, -0.1) is 11.3 Å². The highest BCUT2D eigenvalue weighted by molar-refractivity contribution is 7.21. The molecule has 3 heterocycles. The molecule has 122 valence electrons. The molecule has 7 heteroatoms. The second kappa shape index (κ2) is 5.38. The van der Waals surface area contributed by atoms with E-state index in [9.17, 15) is 4.79 Å². The molecule has 0 unspecified atom stereocenters. The lowest BCUT2D eigenvalue weighted by atomic mass is 10.1. The van der Waals surface area contributed by atoms with Gasteiger partial charge in [-0.3, -0.25) is 4.79 Å². The topological polar surface area (TPSA) is 86.5 Å². The number of nitrogens with two attached hydrogens (primary N) is 1. The summed E-state index contributed by atoms with van der Waals surface area (Å²) in [4.78, 5) is 18.3. The zero-order valence-corrected chi connectivity index (χ0v) is 14.0. The van der Waals surface area contributed by atoms with E-state index in [4.69, 9.17) is 15.2 Å². The number of carbonyl (C=O) groups excluding carboxylic acids is 1. The van der Waals surface area contributed by atoms with Crippen molar-refractivity contribution in [3.05, 3.63) is 40.4 Å². The van der Waals surface area contributed by atoms with Crippen molar-refractivity contribution in [2.24, 2.45) is 0 Å². The summed E-state index contributed by atoms with van der Waals surface area (Å²) in [5, 5.41) is 3.70. The lowest BCUT2D eigenvalue weighted by Crippen LogP contribution is -2.11. The van der Waals surface area contributed by atoms with Gasteiger partial charge in [0, 0.05) is 22.8 Å². The molecule has 0 spiro atoms. The number of hydrogen-bond donors (Lipinski definition) is 2. The summed E-state index contributed by atoms with van der Waals surface area (Å²) in [6, 6.07) is 7.23. The minimum Gasteiger partial charge on any atom is -0.454 e. The summed E-state index contributed by atoms with van der Waals surface area (Å²) in [6.07, 6.45) is 0. The maximum absolute atomic E-state index is 12.6. The standard InChI is InChI=1S/C17H15N3O3S/c1-8-5-9(2)19-17-13(8)14(18)15(24-17)16(21)20-10-3-4-11-12(6-10)23-7-22-11/h3-6H,7,18H2,1-2H3,(H,20,21). The number of amides is 1. The van der Waals surface area contributed by atoms with E-state index in [1.54, 1.807) is 18.2 Å². The number of nitrogens with one attached hydrogen (secondary N) is 1. The molecule has 0 fully saturated rings. The third-order valence-electron chi connectivity index (χ3n) is 3.86. The number of pyridine rings is 1. The van der Waals surface area contributed by atoms with Crippen molar-refractivity contribution in [1.29, 1.82) is 0 Å². The minimum atomic E-state index is -0.258. The molecule has 0 aliphatic carbocycles. The average Bonchev–Trinajstić information content (AvgIpc) is 3.11. The van der Waals surface area contributed by atoms with Crippen LogP contribution in [0.4, 0.5) is 11.4 Å². The molecule has 0 atom stereocenters. The van der Waals surface area contributed by atoms with Crippen molar-refractivity contribution >= 4 is 38.8 Å². The van der Waals surface area contributed by atoms with E-state index in [0.717, 1.165) is 21.5 Å². The summed E-state index contributed by atoms with van der Waals surface area (Å²) >= 11 is 1.30. The highest BCUT2D eigenvalue weighted by Crippen LogP contribution is 2.37.